The first-order chi connectivity index (χ1) is 17.7. The molecule has 0 aromatic heterocycles. The van der Waals surface area contributed by atoms with Gasteiger partial charge in [0.05, 0.1) is 18.0 Å². The molecule has 3 aromatic rings. The van der Waals surface area contributed by atoms with E-state index in [2.05, 4.69) is 20.9 Å². The van der Waals surface area contributed by atoms with Crippen LogP contribution in [0.5, 0.6) is 5.75 Å². The van der Waals surface area contributed by atoms with Gasteiger partial charge in [0.2, 0.25) is 11.9 Å². The molecule has 12 heteroatoms. The van der Waals surface area contributed by atoms with Gasteiger partial charge in [0.25, 0.3) is 5.91 Å². The van der Waals surface area contributed by atoms with Crippen LogP contribution in [0.25, 0.3) is 0 Å². The number of nitrogens with zero attached hydrogens (tertiary/aromatic N) is 1. The normalized spacial score (nSPS) is 11.2. The van der Waals surface area contributed by atoms with Crippen LogP contribution in [-0.2, 0) is 19.6 Å². The lowest BCUT2D eigenvalue weighted by Crippen LogP contribution is -2.44. The summed E-state index contributed by atoms with van der Waals surface area (Å²) >= 11 is 0. The molecule has 3 N–H and O–H groups in total. The van der Waals surface area contributed by atoms with Gasteiger partial charge in [-0.3, -0.25) is 20.2 Å². The average Bonchev–Trinajstić information content (AvgIpc) is 2.86. The van der Waals surface area contributed by atoms with Crippen molar-refractivity contribution in [2.24, 2.45) is 4.99 Å². The molecule has 0 saturated heterocycles. The Morgan fingerprint density at radius 1 is 0.892 bits per heavy atom. The number of hydrogen-bond donors (Lipinski definition) is 3. The van der Waals surface area contributed by atoms with Crippen LogP contribution >= 0.6 is 0 Å². The fourth-order valence-corrected chi connectivity index (χ4v) is 3.90. The maximum Gasteiger partial charge on any atom is 0.413 e. The Morgan fingerprint density at radius 3 is 2.16 bits per heavy atom. The third kappa shape index (κ3) is 7.90. The molecule has 11 nitrogen and oxygen atoms in total. The molecule has 0 aliphatic carbocycles. The van der Waals surface area contributed by atoms with E-state index in [0.717, 1.165) is 0 Å². The maximum atomic E-state index is 12.7. The molecule has 0 aliphatic rings. The van der Waals surface area contributed by atoms with E-state index in [4.69, 9.17) is 8.92 Å². The number of anilines is 1. The summed E-state index contributed by atoms with van der Waals surface area (Å²) in [5.41, 5.74) is 0.447. The summed E-state index contributed by atoms with van der Waals surface area (Å²) in [4.78, 5) is 40.7. The molecule has 3 rings (SSSR count). The molecule has 0 atom stereocenters. The maximum absolute atomic E-state index is 12.7. The lowest BCUT2D eigenvalue weighted by Gasteiger charge is -2.14. The summed E-state index contributed by atoms with van der Waals surface area (Å²) in [6.07, 6.45) is -0.871. The SMILES string of the molecule is CCOC(=O)NC(=Nc1ccc(OS(=O)(=O)c2ccccc2)cc1NC(C)=O)NC(=O)c1ccccc1. The molecule has 3 aromatic carbocycles. The molecule has 0 spiro atoms. The van der Waals surface area contributed by atoms with Gasteiger partial charge in [-0.2, -0.15) is 8.42 Å². The van der Waals surface area contributed by atoms with Crippen molar-refractivity contribution in [2.75, 3.05) is 11.9 Å². The minimum atomic E-state index is -4.14. The number of alkyl carbamates (subject to hydrolysis) is 1. The summed E-state index contributed by atoms with van der Waals surface area (Å²) in [6.45, 7) is 2.93. The number of amides is 3. The Balaban J connectivity index is 1.96. The standard InChI is InChI=1S/C25H24N4O7S/c1-3-35-25(32)29-24(28-23(31)18-10-6-4-7-11-18)27-21-15-14-19(16-22(21)26-17(2)30)36-37(33,34)20-12-8-5-9-13-20/h4-16H,3H2,1-2H3,(H,26,30)(H2,27,28,29,31,32). The summed E-state index contributed by atoms with van der Waals surface area (Å²) in [5.74, 6) is -1.43. The lowest BCUT2D eigenvalue weighted by atomic mass is 10.2. The number of rotatable bonds is 7. The van der Waals surface area contributed by atoms with Crippen molar-refractivity contribution < 1.29 is 31.7 Å². The number of aliphatic imine (C=N–C) groups is 1. The number of carbonyl (C=O) groups excluding carboxylic acids is 3. The van der Waals surface area contributed by atoms with E-state index in [1.54, 1.807) is 55.5 Å². The van der Waals surface area contributed by atoms with Crippen molar-refractivity contribution in [1.29, 1.82) is 0 Å². The van der Waals surface area contributed by atoms with Gasteiger partial charge in [0.15, 0.2) is 0 Å². The first kappa shape index (κ1) is 26.9. The number of guanidine groups is 1. The Labute approximate surface area is 213 Å². The molecule has 0 radical (unpaired) electrons. The number of benzene rings is 3. The van der Waals surface area contributed by atoms with E-state index in [9.17, 15) is 22.8 Å². The Morgan fingerprint density at radius 2 is 1.54 bits per heavy atom. The van der Waals surface area contributed by atoms with Crippen LogP contribution < -0.4 is 20.1 Å². The zero-order valence-electron chi connectivity index (χ0n) is 19.9. The first-order valence-corrected chi connectivity index (χ1v) is 12.4. The number of ether oxygens (including phenoxy) is 1. The number of carbonyl (C=O) groups is 3. The third-order valence-corrected chi connectivity index (χ3v) is 5.77. The Hall–Kier alpha value is -4.71. The van der Waals surface area contributed by atoms with Crippen LogP contribution in [0.4, 0.5) is 16.2 Å². The van der Waals surface area contributed by atoms with Gasteiger partial charge in [0, 0.05) is 18.6 Å². The summed E-state index contributed by atoms with van der Waals surface area (Å²) in [5, 5.41) is 7.36. The van der Waals surface area contributed by atoms with E-state index in [0.29, 0.717) is 5.56 Å². The molecule has 3 amide bonds. The van der Waals surface area contributed by atoms with E-state index < -0.39 is 28.0 Å². The van der Waals surface area contributed by atoms with Crippen LogP contribution in [0.1, 0.15) is 24.2 Å². The van der Waals surface area contributed by atoms with Gasteiger partial charge in [-0.25, -0.2) is 9.79 Å². The highest BCUT2D eigenvalue weighted by molar-refractivity contribution is 7.87. The molecule has 0 saturated carbocycles. The quantitative estimate of drug-likeness (QED) is 0.243. The van der Waals surface area contributed by atoms with E-state index in [1.807, 2.05) is 0 Å². The fraction of sp³-hybridized carbons (Fsp3) is 0.120. The predicted molar refractivity (Wildman–Crippen MR) is 136 cm³/mol. The minimum absolute atomic E-state index is 0.0530. The van der Waals surface area contributed by atoms with Crippen LogP contribution in [0, 0.1) is 0 Å². The van der Waals surface area contributed by atoms with Gasteiger partial charge in [-0.1, -0.05) is 36.4 Å². The van der Waals surface area contributed by atoms with Gasteiger partial charge < -0.3 is 14.2 Å². The van der Waals surface area contributed by atoms with E-state index in [-0.39, 0.29) is 34.6 Å². The van der Waals surface area contributed by atoms with Crippen molar-refractivity contribution >= 4 is 45.4 Å². The fourth-order valence-electron chi connectivity index (χ4n) is 2.96. The zero-order chi connectivity index (χ0) is 26.8. The second-order valence-electron chi connectivity index (χ2n) is 7.34. The van der Waals surface area contributed by atoms with E-state index in [1.165, 1.54) is 37.3 Å². The zero-order valence-corrected chi connectivity index (χ0v) is 20.7. The highest BCUT2D eigenvalue weighted by atomic mass is 32.2. The molecule has 0 bridgehead atoms. The molecule has 0 unspecified atom stereocenters. The molecule has 192 valence electrons. The van der Waals surface area contributed by atoms with Crippen molar-refractivity contribution in [3.8, 4) is 5.75 Å². The van der Waals surface area contributed by atoms with Gasteiger partial charge in [0.1, 0.15) is 10.6 Å². The number of nitrogens with one attached hydrogen (secondary N) is 3. The van der Waals surface area contributed by atoms with Crippen LogP contribution in [0.3, 0.4) is 0 Å². The van der Waals surface area contributed by atoms with Crippen LogP contribution in [0.2, 0.25) is 0 Å². The molecular weight excluding hydrogens is 500 g/mol. The molecule has 37 heavy (non-hydrogen) atoms. The lowest BCUT2D eigenvalue weighted by molar-refractivity contribution is -0.114. The third-order valence-electron chi connectivity index (χ3n) is 4.51. The Kier molecular flexibility index (Phi) is 8.95. The van der Waals surface area contributed by atoms with Crippen molar-refractivity contribution in [1.82, 2.24) is 10.6 Å². The van der Waals surface area contributed by atoms with Crippen LogP contribution in [-0.4, -0.2) is 38.9 Å². The first-order valence-electron chi connectivity index (χ1n) is 11.0. The van der Waals surface area contributed by atoms with Crippen LogP contribution in [0.15, 0.2) is 88.8 Å². The van der Waals surface area contributed by atoms with Crippen molar-refractivity contribution in [3.05, 3.63) is 84.4 Å². The van der Waals surface area contributed by atoms with Gasteiger partial charge in [-0.15, -0.1) is 0 Å². The second-order valence-corrected chi connectivity index (χ2v) is 8.88. The highest BCUT2D eigenvalue weighted by Gasteiger charge is 2.18. The topological polar surface area (TPSA) is 152 Å². The monoisotopic (exact) mass is 524 g/mol. The molecule has 0 fully saturated rings. The summed E-state index contributed by atoms with van der Waals surface area (Å²) < 4.78 is 35.3. The van der Waals surface area contributed by atoms with Crippen molar-refractivity contribution in [3.63, 3.8) is 0 Å². The number of hydrogen-bond acceptors (Lipinski definition) is 8. The van der Waals surface area contributed by atoms with E-state index >= 15 is 0 Å². The van der Waals surface area contributed by atoms with Gasteiger partial charge in [-0.05, 0) is 43.3 Å². The highest BCUT2D eigenvalue weighted by Crippen LogP contribution is 2.31. The smallest absolute Gasteiger partial charge is 0.413 e. The minimum Gasteiger partial charge on any atom is -0.450 e. The summed E-state index contributed by atoms with van der Waals surface area (Å²) in [7, 11) is -4.14. The molecule has 0 aliphatic heterocycles. The second kappa shape index (κ2) is 12.3. The van der Waals surface area contributed by atoms with Gasteiger partial charge >= 0.3 is 16.2 Å². The predicted octanol–water partition coefficient (Wildman–Crippen LogP) is 3.58. The summed E-state index contributed by atoms with van der Waals surface area (Å²) in [6, 6.07) is 19.7. The largest absolute Gasteiger partial charge is 0.450 e. The van der Waals surface area contributed by atoms with Crippen molar-refractivity contribution in [2.45, 2.75) is 18.7 Å². The molecule has 0 heterocycles. The Bertz CT molecular complexity index is 1410. The molecular formula is C25H24N4O7S. The average molecular weight is 525 g/mol.